The number of alkyl halides is 3. The number of halogens is 4. The van der Waals surface area contributed by atoms with Gasteiger partial charge in [-0.25, -0.2) is 4.79 Å². The van der Waals surface area contributed by atoms with E-state index in [4.69, 9.17) is 21.1 Å². The molecule has 0 aliphatic carbocycles. The minimum Gasteiger partial charge on any atom is -0.478 e. The molecule has 0 bridgehead atoms. The van der Waals surface area contributed by atoms with Gasteiger partial charge in [-0.15, -0.1) is 6.58 Å². The number of nitriles is 1. The second-order valence-corrected chi connectivity index (χ2v) is 6.55. The van der Waals surface area contributed by atoms with E-state index >= 15 is 0 Å². The maximum absolute atomic E-state index is 12.7. The van der Waals surface area contributed by atoms with E-state index in [9.17, 15) is 28.3 Å². The molecule has 0 saturated heterocycles. The lowest BCUT2D eigenvalue weighted by Crippen LogP contribution is -2.41. The highest BCUT2D eigenvalue weighted by molar-refractivity contribution is 6.32. The fourth-order valence-corrected chi connectivity index (χ4v) is 2.54. The molecule has 1 N–H and O–H groups in total. The molecule has 0 radical (unpaired) electrons. The molecule has 9 heteroatoms. The van der Waals surface area contributed by atoms with Crippen molar-refractivity contribution in [3.05, 3.63) is 65.2 Å². The fraction of sp³-hybridized carbons (Fsp3) is 0.200. The van der Waals surface area contributed by atoms with Crippen molar-refractivity contribution >= 4 is 17.6 Å². The van der Waals surface area contributed by atoms with Gasteiger partial charge in [0.1, 0.15) is 23.3 Å². The molecule has 0 amide bonds. The Kier molecular flexibility index (Phi) is 6.44. The molecular weight excluding hydrogens is 411 g/mol. The number of carboxylic acids is 1. The van der Waals surface area contributed by atoms with E-state index in [1.54, 1.807) is 0 Å². The predicted octanol–water partition coefficient (Wildman–Crippen LogP) is 5.82. The SMILES string of the molecule is C=CCC(C)(Oc1cc(Oc2ccc(C(F)(F)F)cc2Cl)ccc1C#N)C(=O)O. The summed E-state index contributed by atoms with van der Waals surface area (Å²) in [6, 6.07) is 8.45. The van der Waals surface area contributed by atoms with E-state index in [2.05, 4.69) is 6.58 Å². The molecule has 2 rings (SSSR count). The summed E-state index contributed by atoms with van der Waals surface area (Å²) >= 11 is 5.88. The molecule has 5 nitrogen and oxygen atoms in total. The van der Waals surface area contributed by atoms with Crippen molar-refractivity contribution < 1.29 is 32.5 Å². The topological polar surface area (TPSA) is 79.5 Å². The third-order valence-corrected chi connectivity index (χ3v) is 4.18. The smallest absolute Gasteiger partial charge is 0.416 e. The Labute approximate surface area is 169 Å². The Hall–Kier alpha value is -3.18. The molecule has 1 unspecified atom stereocenters. The van der Waals surface area contributed by atoms with E-state index in [1.165, 1.54) is 31.2 Å². The number of hydrogen-bond acceptors (Lipinski definition) is 4. The molecule has 29 heavy (non-hydrogen) atoms. The molecule has 0 saturated carbocycles. The van der Waals surface area contributed by atoms with Gasteiger partial charge in [-0.1, -0.05) is 17.7 Å². The lowest BCUT2D eigenvalue weighted by Gasteiger charge is -2.25. The average Bonchev–Trinajstić information content (AvgIpc) is 2.63. The van der Waals surface area contributed by atoms with Crippen molar-refractivity contribution in [3.63, 3.8) is 0 Å². The maximum atomic E-state index is 12.7. The van der Waals surface area contributed by atoms with Gasteiger partial charge in [0.2, 0.25) is 5.60 Å². The number of nitrogens with zero attached hydrogens (tertiary/aromatic N) is 1. The van der Waals surface area contributed by atoms with Crippen LogP contribution in [0.3, 0.4) is 0 Å². The molecule has 0 aliphatic rings. The Bertz CT molecular complexity index is 985. The molecule has 0 spiro atoms. The highest BCUT2D eigenvalue weighted by Crippen LogP contribution is 2.38. The first kappa shape index (κ1) is 22.1. The predicted molar refractivity (Wildman–Crippen MR) is 99.2 cm³/mol. The van der Waals surface area contributed by atoms with Crippen LogP contribution in [0.5, 0.6) is 17.2 Å². The van der Waals surface area contributed by atoms with Gasteiger partial charge in [0, 0.05) is 12.5 Å². The van der Waals surface area contributed by atoms with Gasteiger partial charge in [0.05, 0.1) is 16.1 Å². The Balaban J connectivity index is 2.37. The van der Waals surface area contributed by atoms with Crippen molar-refractivity contribution in [1.82, 2.24) is 0 Å². The summed E-state index contributed by atoms with van der Waals surface area (Å²) in [5.41, 5.74) is -2.56. The summed E-state index contributed by atoms with van der Waals surface area (Å²) in [5.74, 6) is -1.30. The van der Waals surface area contributed by atoms with Gasteiger partial charge in [0.15, 0.2) is 0 Å². The van der Waals surface area contributed by atoms with Crippen molar-refractivity contribution in [1.29, 1.82) is 5.26 Å². The molecule has 152 valence electrons. The Morgan fingerprint density at radius 2 is 1.97 bits per heavy atom. The van der Waals surface area contributed by atoms with E-state index in [0.717, 1.165) is 18.2 Å². The van der Waals surface area contributed by atoms with Gasteiger partial charge in [-0.05, 0) is 37.3 Å². The standard InChI is InChI=1S/C20H15ClF3NO4/c1-3-8-19(2,18(26)27)29-17-10-14(6-4-12(17)11-25)28-16-7-5-13(9-15(16)21)20(22,23)24/h3-7,9-10H,1,8H2,2H3,(H,26,27). The van der Waals surface area contributed by atoms with Gasteiger partial charge in [-0.3, -0.25) is 0 Å². The molecule has 0 aliphatic heterocycles. The van der Waals surface area contributed by atoms with Crippen molar-refractivity contribution in [2.24, 2.45) is 0 Å². The second kappa shape index (κ2) is 8.45. The summed E-state index contributed by atoms with van der Waals surface area (Å²) in [4.78, 5) is 11.6. The van der Waals surface area contributed by atoms with Gasteiger partial charge < -0.3 is 14.6 Å². The van der Waals surface area contributed by atoms with E-state index in [1.807, 2.05) is 6.07 Å². The minimum atomic E-state index is -4.55. The highest BCUT2D eigenvalue weighted by Gasteiger charge is 2.35. The zero-order valence-electron chi connectivity index (χ0n) is 15.1. The van der Waals surface area contributed by atoms with Crippen LogP contribution in [-0.2, 0) is 11.0 Å². The number of hydrogen-bond donors (Lipinski definition) is 1. The quantitative estimate of drug-likeness (QED) is 0.565. The number of ether oxygens (including phenoxy) is 2. The maximum Gasteiger partial charge on any atom is 0.416 e. The third kappa shape index (κ3) is 5.21. The second-order valence-electron chi connectivity index (χ2n) is 6.15. The zero-order valence-corrected chi connectivity index (χ0v) is 15.8. The number of carboxylic acid groups (broad SMARTS) is 1. The normalized spacial score (nSPS) is 13.1. The van der Waals surface area contributed by atoms with Crippen LogP contribution in [-0.4, -0.2) is 16.7 Å². The molecule has 0 heterocycles. The van der Waals surface area contributed by atoms with Gasteiger partial charge in [-0.2, -0.15) is 18.4 Å². The molecule has 1 atom stereocenters. The van der Waals surface area contributed by atoms with Crippen molar-refractivity contribution in [2.75, 3.05) is 0 Å². The summed E-state index contributed by atoms with van der Waals surface area (Å²) in [5, 5.41) is 18.4. The monoisotopic (exact) mass is 425 g/mol. The van der Waals surface area contributed by atoms with Gasteiger partial charge >= 0.3 is 12.1 Å². The van der Waals surface area contributed by atoms with Gasteiger partial charge in [0.25, 0.3) is 0 Å². The van der Waals surface area contributed by atoms with Crippen LogP contribution in [0.15, 0.2) is 49.1 Å². The van der Waals surface area contributed by atoms with Crippen LogP contribution in [0.1, 0.15) is 24.5 Å². The van der Waals surface area contributed by atoms with E-state index < -0.39 is 23.3 Å². The van der Waals surface area contributed by atoms with Crippen molar-refractivity contribution in [3.8, 4) is 23.3 Å². The number of carbonyl (C=O) groups is 1. The summed E-state index contributed by atoms with van der Waals surface area (Å²) in [6.07, 6.45) is -3.23. The summed E-state index contributed by atoms with van der Waals surface area (Å²) in [7, 11) is 0. The number of benzene rings is 2. The van der Waals surface area contributed by atoms with Crippen LogP contribution in [0.2, 0.25) is 5.02 Å². The van der Waals surface area contributed by atoms with Crippen molar-refractivity contribution in [2.45, 2.75) is 25.1 Å². The van der Waals surface area contributed by atoms with Crippen LogP contribution < -0.4 is 9.47 Å². The molecule has 0 aromatic heterocycles. The third-order valence-electron chi connectivity index (χ3n) is 3.88. The van der Waals surface area contributed by atoms with E-state index in [-0.39, 0.29) is 34.3 Å². The van der Waals surface area contributed by atoms with Crippen LogP contribution in [0.4, 0.5) is 13.2 Å². The Morgan fingerprint density at radius 3 is 2.48 bits per heavy atom. The summed E-state index contributed by atoms with van der Waals surface area (Å²) < 4.78 is 49.3. The van der Waals surface area contributed by atoms with Crippen LogP contribution in [0, 0.1) is 11.3 Å². The number of rotatable bonds is 7. The molecule has 2 aromatic rings. The zero-order chi connectivity index (χ0) is 21.8. The number of aliphatic carboxylic acids is 1. The Morgan fingerprint density at radius 1 is 1.28 bits per heavy atom. The van der Waals surface area contributed by atoms with Crippen LogP contribution >= 0.6 is 11.6 Å². The minimum absolute atomic E-state index is 0.0387. The van der Waals surface area contributed by atoms with E-state index in [0.29, 0.717) is 0 Å². The lowest BCUT2D eigenvalue weighted by atomic mass is 10.0. The summed E-state index contributed by atoms with van der Waals surface area (Å²) in [6.45, 7) is 4.81. The molecular formula is C20H15ClF3NO4. The first-order valence-electron chi connectivity index (χ1n) is 8.12. The van der Waals surface area contributed by atoms with Crippen LogP contribution in [0.25, 0.3) is 0 Å². The first-order valence-corrected chi connectivity index (χ1v) is 8.50. The largest absolute Gasteiger partial charge is 0.478 e. The highest BCUT2D eigenvalue weighted by atomic mass is 35.5. The first-order chi connectivity index (χ1) is 13.5. The molecule has 0 fully saturated rings. The average molecular weight is 426 g/mol. The lowest BCUT2D eigenvalue weighted by molar-refractivity contribution is -0.153. The fourth-order valence-electron chi connectivity index (χ4n) is 2.32. The molecule has 2 aromatic carbocycles.